The standard InChI is InChI=1S/C9H12N6S/c1-3-10-7-4-8(14-6(2)13-7)16-9-11-5-12-15-9/h4-5H,3H2,1-2H3,(H,10,13,14)(H,11,12,15). The topological polar surface area (TPSA) is 79.4 Å². The van der Waals surface area contributed by atoms with Crippen LogP contribution in [0.1, 0.15) is 12.7 Å². The summed E-state index contributed by atoms with van der Waals surface area (Å²) < 4.78 is 0. The summed E-state index contributed by atoms with van der Waals surface area (Å²) in [5, 5.41) is 11.3. The van der Waals surface area contributed by atoms with E-state index in [1.165, 1.54) is 18.1 Å². The van der Waals surface area contributed by atoms with Crippen molar-refractivity contribution in [2.24, 2.45) is 0 Å². The summed E-state index contributed by atoms with van der Waals surface area (Å²) in [7, 11) is 0. The first kappa shape index (κ1) is 10.9. The summed E-state index contributed by atoms with van der Waals surface area (Å²) in [5.41, 5.74) is 0. The molecule has 2 rings (SSSR count). The largest absolute Gasteiger partial charge is 0.370 e. The zero-order valence-corrected chi connectivity index (χ0v) is 9.88. The SMILES string of the molecule is CCNc1cc(Sc2ncn[nH]2)nc(C)n1. The van der Waals surface area contributed by atoms with Crippen molar-refractivity contribution < 1.29 is 0 Å². The Morgan fingerprint density at radius 2 is 2.31 bits per heavy atom. The van der Waals surface area contributed by atoms with Gasteiger partial charge in [0.15, 0.2) is 5.16 Å². The lowest BCUT2D eigenvalue weighted by Crippen LogP contribution is -2.02. The van der Waals surface area contributed by atoms with Crippen LogP contribution in [0.4, 0.5) is 5.82 Å². The summed E-state index contributed by atoms with van der Waals surface area (Å²) in [6, 6.07) is 1.89. The predicted molar refractivity (Wildman–Crippen MR) is 61.4 cm³/mol. The second kappa shape index (κ2) is 4.93. The minimum atomic E-state index is 0.723. The van der Waals surface area contributed by atoms with Crippen LogP contribution in [0.3, 0.4) is 0 Å². The Bertz CT molecular complexity index is 455. The molecule has 0 saturated carbocycles. The van der Waals surface area contributed by atoms with E-state index in [2.05, 4.69) is 30.5 Å². The van der Waals surface area contributed by atoms with Crippen molar-refractivity contribution in [1.82, 2.24) is 25.1 Å². The fourth-order valence-corrected chi connectivity index (χ4v) is 1.95. The first-order valence-corrected chi connectivity index (χ1v) is 5.72. The molecule has 0 bridgehead atoms. The first-order chi connectivity index (χ1) is 7.78. The molecule has 0 spiro atoms. The van der Waals surface area contributed by atoms with Crippen molar-refractivity contribution in [1.29, 1.82) is 0 Å². The third-order valence-electron chi connectivity index (χ3n) is 1.77. The summed E-state index contributed by atoms with van der Waals surface area (Å²) >= 11 is 1.43. The van der Waals surface area contributed by atoms with Crippen LogP contribution in [0, 0.1) is 6.92 Å². The third-order valence-corrected chi connectivity index (χ3v) is 2.57. The van der Waals surface area contributed by atoms with Crippen molar-refractivity contribution >= 4 is 17.6 Å². The summed E-state index contributed by atoms with van der Waals surface area (Å²) in [6.45, 7) is 4.73. The van der Waals surface area contributed by atoms with Gasteiger partial charge < -0.3 is 5.32 Å². The maximum absolute atomic E-state index is 4.32. The van der Waals surface area contributed by atoms with Gasteiger partial charge in [-0.05, 0) is 25.6 Å². The Hall–Kier alpha value is -1.63. The zero-order valence-electron chi connectivity index (χ0n) is 9.06. The number of aryl methyl sites for hydroxylation is 1. The Kier molecular flexibility index (Phi) is 3.35. The molecule has 0 radical (unpaired) electrons. The van der Waals surface area contributed by atoms with Crippen LogP contribution in [-0.2, 0) is 0 Å². The van der Waals surface area contributed by atoms with E-state index in [9.17, 15) is 0 Å². The third kappa shape index (κ3) is 2.69. The molecule has 0 saturated heterocycles. The van der Waals surface area contributed by atoms with Crippen molar-refractivity contribution in [2.45, 2.75) is 24.0 Å². The minimum absolute atomic E-state index is 0.723. The van der Waals surface area contributed by atoms with Crippen LogP contribution in [-0.4, -0.2) is 31.7 Å². The van der Waals surface area contributed by atoms with E-state index >= 15 is 0 Å². The molecular weight excluding hydrogens is 224 g/mol. The van der Waals surface area contributed by atoms with Crippen LogP contribution in [0.2, 0.25) is 0 Å². The van der Waals surface area contributed by atoms with E-state index in [0.717, 1.165) is 28.4 Å². The molecule has 0 aliphatic rings. The van der Waals surface area contributed by atoms with Crippen LogP contribution < -0.4 is 5.32 Å². The van der Waals surface area contributed by atoms with Gasteiger partial charge in [0.25, 0.3) is 0 Å². The molecule has 0 aromatic carbocycles. The number of nitrogens with zero attached hydrogens (tertiary/aromatic N) is 4. The highest BCUT2D eigenvalue weighted by molar-refractivity contribution is 7.99. The van der Waals surface area contributed by atoms with Gasteiger partial charge in [0.1, 0.15) is 23.0 Å². The molecule has 7 heteroatoms. The number of nitrogens with one attached hydrogen (secondary N) is 2. The van der Waals surface area contributed by atoms with Gasteiger partial charge in [0, 0.05) is 12.6 Å². The van der Waals surface area contributed by atoms with E-state index in [-0.39, 0.29) is 0 Å². The molecule has 0 aliphatic heterocycles. The van der Waals surface area contributed by atoms with Crippen LogP contribution in [0.15, 0.2) is 22.6 Å². The molecule has 0 amide bonds. The maximum atomic E-state index is 4.32. The Labute approximate surface area is 97.3 Å². The lowest BCUT2D eigenvalue weighted by molar-refractivity contribution is 0.939. The Balaban J connectivity index is 2.20. The molecule has 16 heavy (non-hydrogen) atoms. The number of hydrogen-bond donors (Lipinski definition) is 2. The number of aromatic amines is 1. The molecule has 0 unspecified atom stereocenters. The summed E-state index contributed by atoms with van der Waals surface area (Å²) in [6.07, 6.45) is 1.47. The second-order valence-electron chi connectivity index (χ2n) is 3.06. The highest BCUT2D eigenvalue weighted by Gasteiger charge is 2.05. The van der Waals surface area contributed by atoms with Gasteiger partial charge in [-0.3, -0.25) is 5.10 Å². The monoisotopic (exact) mass is 236 g/mol. The molecule has 2 N–H and O–H groups in total. The van der Waals surface area contributed by atoms with Crippen LogP contribution in [0.5, 0.6) is 0 Å². The fourth-order valence-electron chi connectivity index (χ4n) is 1.21. The maximum Gasteiger partial charge on any atom is 0.189 e. The predicted octanol–water partition coefficient (Wildman–Crippen LogP) is 1.49. The van der Waals surface area contributed by atoms with Crippen LogP contribution >= 0.6 is 11.8 Å². The Morgan fingerprint density at radius 3 is 3.00 bits per heavy atom. The molecule has 0 aliphatic carbocycles. The van der Waals surface area contributed by atoms with Gasteiger partial charge >= 0.3 is 0 Å². The quantitative estimate of drug-likeness (QED) is 0.783. The van der Waals surface area contributed by atoms with Crippen molar-refractivity contribution in [2.75, 3.05) is 11.9 Å². The molecule has 0 fully saturated rings. The van der Waals surface area contributed by atoms with E-state index < -0.39 is 0 Å². The smallest absolute Gasteiger partial charge is 0.189 e. The molecule has 2 aromatic heterocycles. The summed E-state index contributed by atoms with van der Waals surface area (Å²) in [5.74, 6) is 1.57. The van der Waals surface area contributed by atoms with E-state index in [0.29, 0.717) is 0 Å². The normalized spacial score (nSPS) is 10.4. The molecule has 2 heterocycles. The van der Waals surface area contributed by atoms with Gasteiger partial charge in [-0.1, -0.05) is 0 Å². The van der Waals surface area contributed by atoms with Gasteiger partial charge in [-0.15, -0.1) is 0 Å². The summed E-state index contributed by atoms with van der Waals surface area (Å²) in [4.78, 5) is 12.6. The zero-order chi connectivity index (χ0) is 11.4. The van der Waals surface area contributed by atoms with E-state index in [1.54, 1.807) is 0 Å². The van der Waals surface area contributed by atoms with Crippen LogP contribution in [0.25, 0.3) is 0 Å². The first-order valence-electron chi connectivity index (χ1n) is 4.90. The van der Waals surface area contributed by atoms with E-state index in [4.69, 9.17) is 0 Å². The molecule has 0 atom stereocenters. The Morgan fingerprint density at radius 1 is 1.44 bits per heavy atom. The van der Waals surface area contributed by atoms with Crippen molar-refractivity contribution in [3.63, 3.8) is 0 Å². The minimum Gasteiger partial charge on any atom is -0.370 e. The number of rotatable bonds is 4. The lowest BCUT2D eigenvalue weighted by atomic mass is 10.5. The molecule has 2 aromatic rings. The highest BCUT2D eigenvalue weighted by Crippen LogP contribution is 2.23. The van der Waals surface area contributed by atoms with Crippen molar-refractivity contribution in [3.05, 3.63) is 18.2 Å². The molecule has 84 valence electrons. The second-order valence-corrected chi connectivity index (χ2v) is 4.07. The number of H-pyrrole nitrogens is 1. The lowest BCUT2D eigenvalue weighted by Gasteiger charge is -2.05. The van der Waals surface area contributed by atoms with Gasteiger partial charge in [0.2, 0.25) is 0 Å². The fraction of sp³-hybridized carbons (Fsp3) is 0.333. The van der Waals surface area contributed by atoms with Crippen molar-refractivity contribution in [3.8, 4) is 0 Å². The van der Waals surface area contributed by atoms with Gasteiger partial charge in [-0.2, -0.15) is 5.10 Å². The van der Waals surface area contributed by atoms with Gasteiger partial charge in [0.05, 0.1) is 0 Å². The van der Waals surface area contributed by atoms with Gasteiger partial charge in [-0.25, -0.2) is 15.0 Å². The molecular formula is C9H12N6S. The average Bonchev–Trinajstić information content (AvgIpc) is 2.70. The number of aromatic nitrogens is 5. The average molecular weight is 236 g/mol. The molecule has 6 nitrogen and oxygen atoms in total. The highest BCUT2D eigenvalue weighted by atomic mass is 32.2. The number of anilines is 1. The number of hydrogen-bond acceptors (Lipinski definition) is 6. The van der Waals surface area contributed by atoms with E-state index in [1.807, 2.05) is 19.9 Å².